The van der Waals surface area contributed by atoms with Gasteiger partial charge in [0.1, 0.15) is 5.82 Å². The van der Waals surface area contributed by atoms with Gasteiger partial charge in [0.15, 0.2) is 5.78 Å². The van der Waals surface area contributed by atoms with E-state index in [-0.39, 0.29) is 5.78 Å². The monoisotopic (exact) mass is 264 g/mol. The summed E-state index contributed by atoms with van der Waals surface area (Å²) >= 11 is 0. The molecular weight excluding hydrogens is 248 g/mol. The van der Waals surface area contributed by atoms with Crippen molar-refractivity contribution in [3.63, 3.8) is 0 Å². The fraction of sp³-hybridized carbons (Fsp3) is 0.176. The fourth-order valence-electron chi connectivity index (χ4n) is 2.31. The van der Waals surface area contributed by atoms with Crippen LogP contribution in [-0.4, -0.2) is 15.8 Å². The number of H-pyrrole nitrogens is 1. The predicted octanol–water partition coefficient (Wildman–Crippen LogP) is 3.55. The molecule has 0 unspecified atom stereocenters. The molecule has 0 spiro atoms. The zero-order valence-corrected chi connectivity index (χ0v) is 11.4. The number of aromatic nitrogens is 2. The van der Waals surface area contributed by atoms with E-state index in [0.29, 0.717) is 0 Å². The Balaban J connectivity index is 1.80. The van der Waals surface area contributed by atoms with Crippen LogP contribution in [0.3, 0.4) is 0 Å². The van der Waals surface area contributed by atoms with Crippen LogP contribution in [0.5, 0.6) is 0 Å². The van der Waals surface area contributed by atoms with Crippen LogP contribution < -0.4 is 0 Å². The molecule has 0 saturated heterocycles. The zero-order chi connectivity index (χ0) is 13.9. The number of Topliss-reactive ketones (excluding diaryl/α,β-unsaturated/α-hetero) is 1. The highest BCUT2D eigenvalue weighted by atomic mass is 16.1. The second kappa shape index (κ2) is 5.29. The first-order valence-corrected chi connectivity index (χ1v) is 6.76. The van der Waals surface area contributed by atoms with Gasteiger partial charge < -0.3 is 4.98 Å². The lowest BCUT2D eigenvalue weighted by Gasteiger charge is -1.97. The van der Waals surface area contributed by atoms with Crippen molar-refractivity contribution < 1.29 is 4.79 Å². The minimum atomic E-state index is 0.0762. The summed E-state index contributed by atoms with van der Waals surface area (Å²) in [6.07, 6.45) is 1.83. The first-order valence-electron chi connectivity index (χ1n) is 6.76. The fourth-order valence-corrected chi connectivity index (χ4v) is 2.31. The minimum absolute atomic E-state index is 0.0762. The number of nitrogens with one attached hydrogen (secondary N) is 1. The molecule has 0 radical (unpaired) electrons. The van der Waals surface area contributed by atoms with E-state index in [1.807, 2.05) is 36.4 Å². The summed E-state index contributed by atoms with van der Waals surface area (Å²) in [6.45, 7) is 1.58. The third kappa shape index (κ3) is 2.62. The lowest BCUT2D eigenvalue weighted by Crippen LogP contribution is -1.92. The number of imidazole rings is 1. The molecule has 2 aromatic carbocycles. The highest BCUT2D eigenvalue weighted by Gasteiger charge is 2.06. The molecule has 1 N–H and O–H groups in total. The van der Waals surface area contributed by atoms with Gasteiger partial charge in [-0.3, -0.25) is 4.79 Å². The molecule has 3 nitrogen and oxygen atoms in total. The lowest BCUT2D eigenvalue weighted by atomic mass is 10.1. The Morgan fingerprint density at radius 3 is 2.65 bits per heavy atom. The van der Waals surface area contributed by atoms with Gasteiger partial charge in [0.05, 0.1) is 11.0 Å². The van der Waals surface area contributed by atoms with Crippen molar-refractivity contribution in [3.8, 4) is 0 Å². The van der Waals surface area contributed by atoms with Crippen LogP contribution >= 0.6 is 0 Å². The molecule has 0 aliphatic rings. The Kier molecular flexibility index (Phi) is 3.33. The van der Waals surface area contributed by atoms with Gasteiger partial charge in [-0.15, -0.1) is 0 Å². The van der Waals surface area contributed by atoms with Gasteiger partial charge in [-0.25, -0.2) is 4.98 Å². The van der Waals surface area contributed by atoms with Crippen LogP contribution in [0.2, 0.25) is 0 Å². The Hall–Kier alpha value is -2.42. The lowest BCUT2D eigenvalue weighted by molar-refractivity contribution is 0.101. The SMILES string of the molecule is CC(=O)c1ccc2nc(CCc3ccccc3)[nH]c2c1. The molecule has 0 fully saturated rings. The van der Waals surface area contributed by atoms with Crippen LogP contribution in [0.1, 0.15) is 28.7 Å². The summed E-state index contributed by atoms with van der Waals surface area (Å²) in [4.78, 5) is 19.2. The number of hydrogen-bond donors (Lipinski definition) is 1. The zero-order valence-electron chi connectivity index (χ0n) is 11.4. The van der Waals surface area contributed by atoms with E-state index in [4.69, 9.17) is 0 Å². The highest BCUT2D eigenvalue weighted by molar-refractivity contribution is 5.97. The maximum atomic E-state index is 11.4. The Labute approximate surface area is 117 Å². The topological polar surface area (TPSA) is 45.8 Å². The van der Waals surface area contributed by atoms with Gasteiger partial charge in [-0.05, 0) is 37.1 Å². The van der Waals surface area contributed by atoms with Crippen LogP contribution in [-0.2, 0) is 12.8 Å². The van der Waals surface area contributed by atoms with Crippen molar-refractivity contribution in [2.24, 2.45) is 0 Å². The molecule has 20 heavy (non-hydrogen) atoms. The molecule has 0 atom stereocenters. The normalized spacial score (nSPS) is 10.8. The molecule has 3 heteroatoms. The third-order valence-corrected chi connectivity index (χ3v) is 3.43. The smallest absolute Gasteiger partial charge is 0.159 e. The van der Waals surface area contributed by atoms with Gasteiger partial charge in [0, 0.05) is 12.0 Å². The Morgan fingerprint density at radius 1 is 1.10 bits per heavy atom. The standard InChI is InChI=1S/C17H16N2O/c1-12(20)14-8-9-15-16(11-14)19-17(18-15)10-7-13-5-3-2-4-6-13/h2-6,8-9,11H,7,10H2,1H3,(H,18,19). The van der Waals surface area contributed by atoms with Gasteiger partial charge in [0.2, 0.25) is 0 Å². The first-order chi connectivity index (χ1) is 9.72. The van der Waals surface area contributed by atoms with Gasteiger partial charge in [-0.2, -0.15) is 0 Å². The largest absolute Gasteiger partial charge is 0.342 e. The molecule has 1 heterocycles. The van der Waals surface area contributed by atoms with Gasteiger partial charge >= 0.3 is 0 Å². The molecular formula is C17H16N2O. The second-order valence-electron chi connectivity index (χ2n) is 4.96. The van der Waals surface area contributed by atoms with Crippen molar-refractivity contribution in [2.75, 3.05) is 0 Å². The molecule has 0 saturated carbocycles. The highest BCUT2D eigenvalue weighted by Crippen LogP contribution is 2.15. The number of aromatic amines is 1. The molecule has 0 amide bonds. The maximum absolute atomic E-state index is 11.4. The summed E-state index contributed by atoms with van der Waals surface area (Å²) in [6, 6.07) is 16.0. The minimum Gasteiger partial charge on any atom is -0.342 e. The van der Waals surface area contributed by atoms with Crippen LogP contribution in [0, 0.1) is 0 Å². The number of carbonyl (C=O) groups excluding carboxylic acids is 1. The molecule has 1 aromatic heterocycles. The number of aryl methyl sites for hydroxylation is 2. The van der Waals surface area contributed by atoms with E-state index in [1.54, 1.807) is 6.92 Å². The average Bonchev–Trinajstić information content (AvgIpc) is 2.88. The van der Waals surface area contributed by atoms with E-state index in [2.05, 4.69) is 22.1 Å². The third-order valence-electron chi connectivity index (χ3n) is 3.43. The number of fused-ring (bicyclic) bond motifs is 1. The van der Waals surface area contributed by atoms with E-state index < -0.39 is 0 Å². The van der Waals surface area contributed by atoms with Crippen LogP contribution in [0.25, 0.3) is 11.0 Å². The van der Waals surface area contributed by atoms with E-state index in [0.717, 1.165) is 35.3 Å². The van der Waals surface area contributed by atoms with E-state index >= 15 is 0 Å². The molecule has 0 bridgehead atoms. The van der Waals surface area contributed by atoms with Crippen LogP contribution in [0.4, 0.5) is 0 Å². The quantitative estimate of drug-likeness (QED) is 0.732. The number of rotatable bonds is 4. The van der Waals surface area contributed by atoms with Crippen molar-refractivity contribution >= 4 is 16.8 Å². The molecule has 0 aliphatic heterocycles. The predicted molar refractivity (Wildman–Crippen MR) is 79.9 cm³/mol. The number of benzene rings is 2. The van der Waals surface area contributed by atoms with Crippen molar-refractivity contribution in [2.45, 2.75) is 19.8 Å². The van der Waals surface area contributed by atoms with Crippen LogP contribution in [0.15, 0.2) is 48.5 Å². The number of ketones is 1. The average molecular weight is 264 g/mol. The molecule has 100 valence electrons. The van der Waals surface area contributed by atoms with E-state index in [9.17, 15) is 4.79 Å². The maximum Gasteiger partial charge on any atom is 0.159 e. The molecule has 3 aromatic rings. The summed E-state index contributed by atoms with van der Waals surface area (Å²) in [5.74, 6) is 1.04. The summed E-state index contributed by atoms with van der Waals surface area (Å²) in [5.41, 5.74) is 3.87. The number of carbonyl (C=O) groups is 1. The molecule has 3 rings (SSSR count). The van der Waals surface area contributed by atoms with E-state index in [1.165, 1.54) is 5.56 Å². The first kappa shape index (κ1) is 12.6. The summed E-state index contributed by atoms with van der Waals surface area (Å²) < 4.78 is 0. The number of hydrogen-bond acceptors (Lipinski definition) is 2. The van der Waals surface area contributed by atoms with Crippen molar-refractivity contribution in [1.29, 1.82) is 0 Å². The Bertz CT molecular complexity index is 744. The van der Waals surface area contributed by atoms with Crippen molar-refractivity contribution in [1.82, 2.24) is 9.97 Å². The van der Waals surface area contributed by atoms with Crippen molar-refractivity contribution in [3.05, 3.63) is 65.5 Å². The summed E-state index contributed by atoms with van der Waals surface area (Å²) in [7, 11) is 0. The van der Waals surface area contributed by atoms with Gasteiger partial charge in [-0.1, -0.05) is 30.3 Å². The summed E-state index contributed by atoms with van der Waals surface area (Å²) in [5, 5.41) is 0. The molecule has 0 aliphatic carbocycles. The Morgan fingerprint density at radius 2 is 1.90 bits per heavy atom. The van der Waals surface area contributed by atoms with Gasteiger partial charge in [0.25, 0.3) is 0 Å². The second-order valence-corrected chi connectivity index (χ2v) is 4.96. The number of nitrogens with zero attached hydrogens (tertiary/aromatic N) is 1.